The molecule has 8 nitrogen and oxygen atoms in total. The van der Waals surface area contributed by atoms with Crippen LogP contribution < -0.4 is 22.1 Å². The topological polar surface area (TPSA) is 112 Å². The van der Waals surface area contributed by atoms with Crippen LogP contribution >= 0.6 is 0 Å². The molecular weight excluding hydrogens is 294 g/mol. The van der Waals surface area contributed by atoms with Crippen LogP contribution in [0.15, 0.2) is 4.79 Å². The van der Waals surface area contributed by atoms with Gasteiger partial charge >= 0.3 is 5.69 Å². The van der Waals surface area contributed by atoms with Crippen LogP contribution in [0.1, 0.15) is 40.0 Å². The monoisotopic (exact) mass is 325 g/mol. The lowest BCUT2D eigenvalue weighted by Crippen LogP contribution is -2.33. The Bertz CT molecular complexity index is 487. The highest BCUT2D eigenvalue weighted by Gasteiger charge is 2.09. The lowest BCUT2D eigenvalue weighted by molar-refractivity contribution is 0.219. The Morgan fingerprint density at radius 3 is 2.52 bits per heavy atom. The van der Waals surface area contributed by atoms with E-state index in [2.05, 4.69) is 51.3 Å². The first kappa shape index (κ1) is 19.4. The van der Waals surface area contributed by atoms with Crippen molar-refractivity contribution in [2.45, 2.75) is 46.1 Å². The van der Waals surface area contributed by atoms with Gasteiger partial charge < -0.3 is 21.3 Å². The average Bonchev–Trinajstić information content (AvgIpc) is 2.52. The molecule has 0 radical (unpaired) electrons. The SMILES string of the molecule is CCN(CC)C(C)CCCNc1nc(NCCCN)nc(=O)[nH]1. The van der Waals surface area contributed by atoms with E-state index in [0.717, 1.165) is 38.9 Å². The van der Waals surface area contributed by atoms with E-state index in [1.807, 2.05) is 0 Å². The highest BCUT2D eigenvalue weighted by molar-refractivity contribution is 5.32. The molecule has 1 unspecified atom stereocenters. The van der Waals surface area contributed by atoms with Crippen LogP contribution in [0.2, 0.25) is 0 Å². The van der Waals surface area contributed by atoms with Gasteiger partial charge in [-0.3, -0.25) is 4.98 Å². The van der Waals surface area contributed by atoms with Crippen LogP contribution in [0.5, 0.6) is 0 Å². The Kier molecular flexibility index (Phi) is 9.23. The van der Waals surface area contributed by atoms with Gasteiger partial charge in [-0.1, -0.05) is 13.8 Å². The van der Waals surface area contributed by atoms with Crippen LogP contribution in [-0.2, 0) is 0 Å². The van der Waals surface area contributed by atoms with Crippen LogP contribution in [0, 0.1) is 0 Å². The summed E-state index contributed by atoms with van der Waals surface area (Å²) < 4.78 is 0. The van der Waals surface area contributed by atoms with Crippen molar-refractivity contribution in [1.29, 1.82) is 0 Å². The number of anilines is 2. The molecule has 0 spiro atoms. The molecule has 0 fully saturated rings. The van der Waals surface area contributed by atoms with Crippen molar-refractivity contribution in [3.05, 3.63) is 10.5 Å². The van der Waals surface area contributed by atoms with E-state index in [-0.39, 0.29) is 0 Å². The molecular formula is C15H31N7O. The van der Waals surface area contributed by atoms with E-state index >= 15 is 0 Å². The molecule has 0 aliphatic rings. The van der Waals surface area contributed by atoms with Gasteiger partial charge in [-0.15, -0.1) is 0 Å². The lowest BCUT2D eigenvalue weighted by atomic mass is 10.1. The summed E-state index contributed by atoms with van der Waals surface area (Å²) in [5.41, 5.74) is 5.03. The van der Waals surface area contributed by atoms with E-state index < -0.39 is 5.69 Å². The maximum Gasteiger partial charge on any atom is 0.350 e. The summed E-state index contributed by atoms with van der Waals surface area (Å²) >= 11 is 0. The summed E-state index contributed by atoms with van der Waals surface area (Å²) in [4.78, 5) is 24.6. The molecule has 1 heterocycles. The first-order valence-electron chi connectivity index (χ1n) is 8.50. The van der Waals surface area contributed by atoms with Crippen LogP contribution in [-0.4, -0.2) is 58.6 Å². The summed E-state index contributed by atoms with van der Waals surface area (Å²) in [7, 11) is 0. The first-order valence-corrected chi connectivity index (χ1v) is 8.50. The standard InChI is InChI=1S/C15H31N7O/c1-4-22(5-2)12(3)8-6-10-17-13-19-14(18-11-7-9-16)21-15(23)20-13/h12H,4-11,16H2,1-3H3,(H3,17,18,19,20,21,23). The van der Waals surface area contributed by atoms with Gasteiger partial charge in [0.25, 0.3) is 0 Å². The maximum atomic E-state index is 11.5. The van der Waals surface area contributed by atoms with Crippen molar-refractivity contribution >= 4 is 11.9 Å². The van der Waals surface area contributed by atoms with Crippen LogP contribution in [0.4, 0.5) is 11.9 Å². The van der Waals surface area contributed by atoms with Crippen molar-refractivity contribution in [3.8, 4) is 0 Å². The van der Waals surface area contributed by atoms with Gasteiger partial charge in [0, 0.05) is 19.1 Å². The average molecular weight is 325 g/mol. The van der Waals surface area contributed by atoms with Gasteiger partial charge in [0.1, 0.15) is 0 Å². The molecule has 8 heteroatoms. The molecule has 132 valence electrons. The van der Waals surface area contributed by atoms with Gasteiger partial charge in [-0.25, -0.2) is 4.79 Å². The van der Waals surface area contributed by atoms with Crippen molar-refractivity contribution in [2.24, 2.45) is 5.73 Å². The third kappa shape index (κ3) is 7.43. The molecule has 0 aromatic carbocycles. The largest absolute Gasteiger partial charge is 0.356 e. The number of nitrogens with zero attached hydrogens (tertiary/aromatic N) is 3. The Labute approximate surface area is 138 Å². The van der Waals surface area contributed by atoms with E-state index in [0.29, 0.717) is 31.0 Å². The van der Waals surface area contributed by atoms with E-state index in [1.165, 1.54) is 0 Å². The fourth-order valence-corrected chi connectivity index (χ4v) is 2.48. The molecule has 5 N–H and O–H groups in total. The van der Waals surface area contributed by atoms with Crippen LogP contribution in [0.25, 0.3) is 0 Å². The number of hydrogen-bond acceptors (Lipinski definition) is 7. The number of H-pyrrole nitrogens is 1. The third-order valence-corrected chi connectivity index (χ3v) is 3.84. The van der Waals surface area contributed by atoms with E-state index in [1.54, 1.807) is 0 Å². The highest BCUT2D eigenvalue weighted by Crippen LogP contribution is 2.06. The van der Waals surface area contributed by atoms with Crippen molar-refractivity contribution in [2.75, 3.05) is 43.4 Å². The Morgan fingerprint density at radius 1 is 1.17 bits per heavy atom. The Morgan fingerprint density at radius 2 is 1.87 bits per heavy atom. The minimum atomic E-state index is -0.408. The number of nitrogens with one attached hydrogen (secondary N) is 3. The smallest absolute Gasteiger partial charge is 0.350 e. The number of aromatic nitrogens is 3. The Balaban J connectivity index is 2.41. The predicted octanol–water partition coefficient (Wildman–Crippen LogP) is 0.848. The van der Waals surface area contributed by atoms with Gasteiger partial charge in [0.15, 0.2) is 0 Å². The summed E-state index contributed by atoms with van der Waals surface area (Å²) in [5, 5.41) is 6.15. The molecule has 0 aliphatic carbocycles. The summed E-state index contributed by atoms with van der Waals surface area (Å²) in [5.74, 6) is 0.789. The molecule has 0 saturated heterocycles. The first-order chi connectivity index (χ1) is 11.1. The van der Waals surface area contributed by atoms with E-state index in [9.17, 15) is 4.79 Å². The molecule has 0 saturated carbocycles. The molecule has 0 bridgehead atoms. The maximum absolute atomic E-state index is 11.5. The Hall–Kier alpha value is -1.67. The number of rotatable bonds is 12. The molecule has 1 aromatic rings. The minimum absolute atomic E-state index is 0.334. The molecule has 1 atom stereocenters. The summed E-state index contributed by atoms with van der Waals surface area (Å²) in [6, 6.07) is 0.560. The third-order valence-electron chi connectivity index (χ3n) is 3.84. The van der Waals surface area contributed by atoms with Gasteiger partial charge in [-0.05, 0) is 45.8 Å². The van der Waals surface area contributed by atoms with Crippen molar-refractivity contribution in [3.63, 3.8) is 0 Å². The van der Waals surface area contributed by atoms with Crippen molar-refractivity contribution < 1.29 is 0 Å². The lowest BCUT2D eigenvalue weighted by Gasteiger charge is -2.26. The second-order valence-corrected chi connectivity index (χ2v) is 5.53. The predicted molar refractivity (Wildman–Crippen MR) is 94.9 cm³/mol. The second kappa shape index (κ2) is 11.0. The normalized spacial score (nSPS) is 12.4. The zero-order chi connectivity index (χ0) is 17.1. The molecule has 23 heavy (non-hydrogen) atoms. The van der Waals surface area contributed by atoms with E-state index in [4.69, 9.17) is 5.73 Å². The molecule has 0 aliphatic heterocycles. The fraction of sp³-hybridized carbons (Fsp3) is 0.800. The minimum Gasteiger partial charge on any atom is -0.356 e. The van der Waals surface area contributed by atoms with Gasteiger partial charge in [0.05, 0.1) is 0 Å². The number of aromatic amines is 1. The zero-order valence-electron chi connectivity index (χ0n) is 14.6. The zero-order valence-corrected chi connectivity index (χ0v) is 14.6. The molecule has 1 rings (SSSR count). The quantitative estimate of drug-likeness (QED) is 0.421. The molecule has 0 amide bonds. The number of hydrogen-bond donors (Lipinski definition) is 4. The second-order valence-electron chi connectivity index (χ2n) is 5.53. The van der Waals surface area contributed by atoms with Crippen molar-refractivity contribution in [1.82, 2.24) is 19.9 Å². The van der Waals surface area contributed by atoms with Crippen LogP contribution in [0.3, 0.4) is 0 Å². The van der Waals surface area contributed by atoms with Gasteiger partial charge in [-0.2, -0.15) is 9.97 Å². The molecule has 1 aromatic heterocycles. The summed E-state index contributed by atoms with van der Waals surface area (Å²) in [6.45, 7) is 10.8. The highest BCUT2D eigenvalue weighted by atomic mass is 16.1. The fourth-order valence-electron chi connectivity index (χ4n) is 2.48. The van der Waals surface area contributed by atoms with Gasteiger partial charge in [0.2, 0.25) is 11.9 Å². The summed E-state index contributed by atoms with van der Waals surface area (Å²) in [6.07, 6.45) is 2.92. The number of nitrogens with two attached hydrogens (primary N) is 1.